The molecule has 3 heteroatoms. The highest BCUT2D eigenvalue weighted by molar-refractivity contribution is 4.84. The minimum Gasteiger partial charge on any atom is -0.392 e. The quantitative estimate of drug-likeness (QED) is 0.664. The summed E-state index contributed by atoms with van der Waals surface area (Å²) >= 11 is 0. The Hall–Kier alpha value is -0.120. The van der Waals surface area contributed by atoms with Crippen LogP contribution in [0.3, 0.4) is 0 Å². The van der Waals surface area contributed by atoms with E-state index in [1.165, 1.54) is 12.8 Å². The Balaban J connectivity index is 1.78. The Morgan fingerprint density at radius 2 is 2.00 bits per heavy atom. The third-order valence-electron chi connectivity index (χ3n) is 3.11. The Morgan fingerprint density at radius 1 is 1.15 bits per heavy atom. The molecule has 1 saturated carbocycles. The molecule has 13 heavy (non-hydrogen) atoms. The van der Waals surface area contributed by atoms with E-state index >= 15 is 0 Å². The monoisotopic (exact) mass is 185 g/mol. The zero-order valence-corrected chi connectivity index (χ0v) is 8.04. The van der Waals surface area contributed by atoms with E-state index in [4.69, 9.17) is 4.74 Å². The van der Waals surface area contributed by atoms with Crippen LogP contribution in [0.4, 0.5) is 0 Å². The second-order valence-corrected chi connectivity index (χ2v) is 4.19. The normalized spacial score (nSPS) is 40.8. The predicted molar refractivity (Wildman–Crippen MR) is 50.6 cm³/mol. The van der Waals surface area contributed by atoms with Crippen LogP contribution < -0.4 is 5.32 Å². The first kappa shape index (κ1) is 9.44. The van der Waals surface area contributed by atoms with E-state index in [-0.39, 0.29) is 6.10 Å². The molecule has 3 nitrogen and oxygen atoms in total. The molecule has 76 valence electrons. The van der Waals surface area contributed by atoms with Crippen molar-refractivity contribution >= 4 is 0 Å². The van der Waals surface area contributed by atoms with Gasteiger partial charge in [0.1, 0.15) is 0 Å². The van der Waals surface area contributed by atoms with Crippen LogP contribution in [0.2, 0.25) is 0 Å². The second-order valence-electron chi connectivity index (χ2n) is 4.19. The van der Waals surface area contributed by atoms with Gasteiger partial charge in [0.05, 0.1) is 12.7 Å². The van der Waals surface area contributed by atoms with Gasteiger partial charge in [-0.3, -0.25) is 0 Å². The van der Waals surface area contributed by atoms with E-state index < -0.39 is 0 Å². The summed E-state index contributed by atoms with van der Waals surface area (Å²) in [6.07, 6.45) is 5.49. The molecule has 0 radical (unpaired) electrons. The number of aliphatic hydroxyl groups is 1. The zero-order valence-electron chi connectivity index (χ0n) is 8.04. The van der Waals surface area contributed by atoms with Crippen LogP contribution >= 0.6 is 0 Å². The first-order valence-electron chi connectivity index (χ1n) is 5.38. The molecule has 0 spiro atoms. The summed E-state index contributed by atoms with van der Waals surface area (Å²) in [5, 5.41) is 13.2. The molecule has 0 aromatic heterocycles. The number of ether oxygens (including phenoxy) is 1. The van der Waals surface area contributed by atoms with Gasteiger partial charge in [0, 0.05) is 18.7 Å². The van der Waals surface area contributed by atoms with Crippen molar-refractivity contribution in [2.24, 2.45) is 0 Å². The molecule has 1 saturated heterocycles. The molecule has 2 fully saturated rings. The van der Waals surface area contributed by atoms with Crippen LogP contribution in [0.1, 0.15) is 32.1 Å². The number of hydrogen-bond acceptors (Lipinski definition) is 3. The van der Waals surface area contributed by atoms with E-state index in [1.807, 2.05) is 0 Å². The summed E-state index contributed by atoms with van der Waals surface area (Å²) in [6.45, 7) is 1.70. The fourth-order valence-electron chi connectivity index (χ4n) is 2.27. The molecular weight excluding hydrogens is 166 g/mol. The Labute approximate surface area is 79.5 Å². The molecule has 1 heterocycles. The molecule has 2 aliphatic rings. The Bertz CT molecular complexity index is 157. The van der Waals surface area contributed by atoms with Crippen LogP contribution in [0.25, 0.3) is 0 Å². The molecule has 1 aliphatic carbocycles. The summed E-state index contributed by atoms with van der Waals surface area (Å²) in [5.74, 6) is 0. The van der Waals surface area contributed by atoms with E-state index in [9.17, 15) is 5.11 Å². The lowest BCUT2D eigenvalue weighted by atomic mass is 9.92. The molecule has 0 aromatic carbocycles. The minimum absolute atomic E-state index is 0.130. The first-order chi connectivity index (χ1) is 6.36. The summed E-state index contributed by atoms with van der Waals surface area (Å²) in [5.41, 5.74) is 0. The van der Waals surface area contributed by atoms with Gasteiger partial charge in [-0.1, -0.05) is 12.8 Å². The van der Waals surface area contributed by atoms with Crippen molar-refractivity contribution in [2.45, 2.75) is 50.3 Å². The van der Waals surface area contributed by atoms with E-state index in [0.717, 1.165) is 32.5 Å². The van der Waals surface area contributed by atoms with Crippen LogP contribution in [0.15, 0.2) is 0 Å². The maximum atomic E-state index is 9.73. The fraction of sp³-hybridized carbons (Fsp3) is 1.00. The van der Waals surface area contributed by atoms with Gasteiger partial charge in [-0.2, -0.15) is 0 Å². The van der Waals surface area contributed by atoms with E-state index in [0.29, 0.717) is 12.1 Å². The molecule has 0 amide bonds. The van der Waals surface area contributed by atoms with Crippen LogP contribution in [-0.2, 0) is 4.74 Å². The van der Waals surface area contributed by atoms with Crippen molar-refractivity contribution in [1.29, 1.82) is 0 Å². The van der Waals surface area contributed by atoms with Crippen molar-refractivity contribution in [2.75, 3.05) is 13.2 Å². The van der Waals surface area contributed by atoms with Gasteiger partial charge in [0.25, 0.3) is 0 Å². The van der Waals surface area contributed by atoms with Gasteiger partial charge in [-0.25, -0.2) is 0 Å². The van der Waals surface area contributed by atoms with Crippen molar-refractivity contribution in [3.05, 3.63) is 0 Å². The van der Waals surface area contributed by atoms with Gasteiger partial charge in [0.2, 0.25) is 0 Å². The summed E-state index contributed by atoms with van der Waals surface area (Å²) in [4.78, 5) is 0. The number of rotatable bonds is 2. The molecule has 3 atom stereocenters. The highest BCUT2D eigenvalue weighted by atomic mass is 16.5. The first-order valence-corrected chi connectivity index (χ1v) is 5.38. The number of aliphatic hydroxyl groups excluding tert-OH is 1. The summed E-state index contributed by atoms with van der Waals surface area (Å²) in [7, 11) is 0. The molecule has 2 N–H and O–H groups in total. The topological polar surface area (TPSA) is 41.5 Å². The molecular formula is C10H19NO2. The maximum Gasteiger partial charge on any atom is 0.0693 e. The molecule has 2 rings (SSSR count). The Kier molecular flexibility index (Phi) is 3.19. The smallest absolute Gasteiger partial charge is 0.0693 e. The van der Waals surface area contributed by atoms with E-state index in [1.54, 1.807) is 0 Å². The Morgan fingerprint density at radius 3 is 2.69 bits per heavy atom. The number of hydrogen-bond donors (Lipinski definition) is 2. The largest absolute Gasteiger partial charge is 0.392 e. The summed E-state index contributed by atoms with van der Waals surface area (Å²) < 4.78 is 5.29. The lowest BCUT2D eigenvalue weighted by Crippen LogP contribution is -2.47. The molecule has 3 unspecified atom stereocenters. The second kappa shape index (κ2) is 4.40. The summed E-state index contributed by atoms with van der Waals surface area (Å²) in [6, 6.07) is 0.804. The SMILES string of the molecule is OC1CCCCC1NC1CCOC1. The average Bonchev–Trinajstić information content (AvgIpc) is 2.61. The minimum atomic E-state index is -0.130. The van der Waals surface area contributed by atoms with Gasteiger partial charge in [0.15, 0.2) is 0 Å². The predicted octanol–water partition coefficient (Wildman–Crippen LogP) is 0.668. The lowest BCUT2D eigenvalue weighted by molar-refractivity contribution is 0.0828. The highest BCUT2D eigenvalue weighted by Gasteiger charge is 2.26. The molecule has 0 aromatic rings. The van der Waals surface area contributed by atoms with E-state index in [2.05, 4.69) is 5.32 Å². The third-order valence-corrected chi connectivity index (χ3v) is 3.11. The van der Waals surface area contributed by atoms with Gasteiger partial charge in [-0.05, 0) is 19.3 Å². The van der Waals surface area contributed by atoms with Crippen molar-refractivity contribution in [3.8, 4) is 0 Å². The van der Waals surface area contributed by atoms with Gasteiger partial charge >= 0.3 is 0 Å². The maximum absolute atomic E-state index is 9.73. The van der Waals surface area contributed by atoms with Gasteiger partial charge < -0.3 is 15.2 Å². The van der Waals surface area contributed by atoms with Crippen LogP contribution in [0.5, 0.6) is 0 Å². The van der Waals surface area contributed by atoms with Crippen molar-refractivity contribution in [1.82, 2.24) is 5.32 Å². The van der Waals surface area contributed by atoms with Crippen molar-refractivity contribution in [3.63, 3.8) is 0 Å². The lowest BCUT2D eigenvalue weighted by Gasteiger charge is -2.30. The highest BCUT2D eigenvalue weighted by Crippen LogP contribution is 2.19. The molecule has 1 aliphatic heterocycles. The van der Waals surface area contributed by atoms with Gasteiger partial charge in [-0.15, -0.1) is 0 Å². The zero-order chi connectivity index (χ0) is 9.10. The number of nitrogens with one attached hydrogen (secondary N) is 1. The average molecular weight is 185 g/mol. The van der Waals surface area contributed by atoms with Crippen molar-refractivity contribution < 1.29 is 9.84 Å². The van der Waals surface area contributed by atoms with Crippen LogP contribution in [0, 0.1) is 0 Å². The molecule has 0 bridgehead atoms. The van der Waals surface area contributed by atoms with Crippen LogP contribution in [-0.4, -0.2) is 36.5 Å². The fourth-order valence-corrected chi connectivity index (χ4v) is 2.27. The standard InChI is InChI=1S/C10H19NO2/c12-10-4-2-1-3-9(10)11-8-5-6-13-7-8/h8-12H,1-7H2. The third kappa shape index (κ3) is 2.42.